The number of amides is 2. The van der Waals surface area contributed by atoms with Crippen molar-refractivity contribution in [1.82, 2.24) is 9.97 Å². The molecule has 3 fully saturated rings. The van der Waals surface area contributed by atoms with Gasteiger partial charge in [0.15, 0.2) is 5.13 Å². The molecule has 10 heteroatoms. The molecule has 1 aliphatic carbocycles. The molecule has 3 aromatic rings. The first-order chi connectivity index (χ1) is 20.0. The van der Waals surface area contributed by atoms with Crippen LogP contribution in [0.2, 0.25) is 0 Å². The van der Waals surface area contributed by atoms with Crippen LogP contribution in [0.25, 0.3) is 22.4 Å². The molecule has 0 bridgehead atoms. The summed E-state index contributed by atoms with van der Waals surface area (Å²) in [5, 5.41) is 12.2. The van der Waals surface area contributed by atoms with Crippen molar-refractivity contribution in [2.45, 2.75) is 57.4 Å². The van der Waals surface area contributed by atoms with Crippen LogP contribution >= 0.6 is 11.3 Å². The second-order valence-corrected chi connectivity index (χ2v) is 12.0. The van der Waals surface area contributed by atoms with Crippen molar-refractivity contribution in [2.75, 3.05) is 29.6 Å². The third kappa shape index (κ3) is 6.18. The van der Waals surface area contributed by atoms with Crippen molar-refractivity contribution in [1.29, 1.82) is 0 Å². The molecule has 0 spiro atoms. The van der Waals surface area contributed by atoms with E-state index < -0.39 is 11.9 Å². The molecule has 2 saturated heterocycles. The van der Waals surface area contributed by atoms with Gasteiger partial charge in [-0.2, -0.15) is 0 Å². The molecule has 2 atom stereocenters. The minimum absolute atomic E-state index is 0.0562. The summed E-state index contributed by atoms with van der Waals surface area (Å²) in [6, 6.07) is 11.9. The summed E-state index contributed by atoms with van der Waals surface area (Å²) in [6.45, 7) is 2.00. The molecule has 6 rings (SSSR count). The number of carbonyl (C=O) groups is 3. The number of aromatic nitrogens is 2. The second-order valence-electron chi connectivity index (χ2n) is 11.2. The van der Waals surface area contributed by atoms with E-state index in [1.165, 1.54) is 11.3 Å². The fraction of sp³-hybridized carbons (Fsp3) is 0.452. The average Bonchev–Trinajstić information content (AvgIpc) is 3.53. The first-order valence-corrected chi connectivity index (χ1v) is 15.3. The highest BCUT2D eigenvalue weighted by molar-refractivity contribution is 7.14. The van der Waals surface area contributed by atoms with Gasteiger partial charge in [0, 0.05) is 60.8 Å². The Kier molecular flexibility index (Phi) is 8.11. The maximum Gasteiger partial charge on any atom is 0.304 e. The van der Waals surface area contributed by atoms with Crippen LogP contribution in [-0.4, -0.2) is 58.7 Å². The quantitative estimate of drug-likeness (QED) is 0.345. The van der Waals surface area contributed by atoms with Crippen molar-refractivity contribution in [2.24, 2.45) is 11.8 Å². The summed E-state index contributed by atoms with van der Waals surface area (Å²) in [7, 11) is 0. The van der Waals surface area contributed by atoms with Gasteiger partial charge < -0.3 is 9.84 Å². The highest BCUT2D eigenvalue weighted by Crippen LogP contribution is 2.40. The van der Waals surface area contributed by atoms with E-state index in [0.717, 1.165) is 61.1 Å². The number of thiazole rings is 1. The molecular formula is C31H34N4O5S. The second kappa shape index (κ2) is 12.1. The van der Waals surface area contributed by atoms with Gasteiger partial charge in [0.1, 0.15) is 5.82 Å². The highest BCUT2D eigenvalue weighted by Gasteiger charge is 2.40. The number of rotatable bonds is 10. The molecule has 1 N–H and O–H groups in total. The molecule has 1 saturated carbocycles. The van der Waals surface area contributed by atoms with E-state index in [-0.39, 0.29) is 30.2 Å². The van der Waals surface area contributed by atoms with E-state index in [0.29, 0.717) is 36.9 Å². The first kappa shape index (κ1) is 27.5. The number of carbonyl (C=O) groups excluding carboxylic acids is 2. The Labute approximate surface area is 243 Å². The maximum absolute atomic E-state index is 13.9. The van der Waals surface area contributed by atoms with Crippen molar-refractivity contribution in [3.05, 3.63) is 48.0 Å². The minimum atomic E-state index is -0.960. The Morgan fingerprint density at radius 3 is 2.61 bits per heavy atom. The van der Waals surface area contributed by atoms with Crippen LogP contribution in [0.1, 0.15) is 51.4 Å². The number of benzene rings is 1. The van der Waals surface area contributed by atoms with Crippen LogP contribution in [0.5, 0.6) is 0 Å². The zero-order valence-corrected chi connectivity index (χ0v) is 23.7. The standard InChI is InChI=1S/C31H34N4O5S/c36-28-8-3-13-34(28)27-12-9-21(17-32-27)24-6-1-2-7-25(24)26-19-41-31(33-26)35(23-10-11-23)30(39)22(16-29(37)38)15-20-5-4-14-40-18-20/h1-2,6-7,9,12,17,19-20,22-23H,3-5,8,10-11,13-16,18H2,(H,37,38)/t20-,22+/m0/s1. The molecule has 2 aliphatic heterocycles. The monoisotopic (exact) mass is 574 g/mol. The summed E-state index contributed by atoms with van der Waals surface area (Å²) < 4.78 is 5.61. The third-order valence-corrected chi connectivity index (χ3v) is 8.94. The van der Waals surface area contributed by atoms with E-state index in [4.69, 9.17) is 9.72 Å². The molecular weight excluding hydrogens is 540 g/mol. The number of hydrogen-bond donors (Lipinski definition) is 1. The average molecular weight is 575 g/mol. The fourth-order valence-corrected chi connectivity index (χ4v) is 6.79. The van der Waals surface area contributed by atoms with Gasteiger partial charge in [-0.15, -0.1) is 11.3 Å². The summed E-state index contributed by atoms with van der Waals surface area (Å²) >= 11 is 1.42. The Hall–Kier alpha value is -3.63. The Morgan fingerprint density at radius 1 is 1.12 bits per heavy atom. The number of ether oxygens (including phenoxy) is 1. The lowest BCUT2D eigenvalue weighted by Gasteiger charge is -2.29. The number of carboxylic acids is 1. The van der Waals surface area contributed by atoms with E-state index in [1.54, 1.807) is 16.0 Å². The van der Waals surface area contributed by atoms with Crippen molar-refractivity contribution in [3.63, 3.8) is 0 Å². The van der Waals surface area contributed by atoms with Gasteiger partial charge in [-0.25, -0.2) is 9.97 Å². The van der Waals surface area contributed by atoms with Gasteiger partial charge in [-0.05, 0) is 62.1 Å². The molecule has 0 unspecified atom stereocenters. The maximum atomic E-state index is 13.9. The predicted octanol–water partition coefficient (Wildman–Crippen LogP) is 5.40. The van der Waals surface area contributed by atoms with Crippen LogP contribution < -0.4 is 9.80 Å². The normalized spacial score (nSPS) is 19.8. The lowest BCUT2D eigenvalue weighted by molar-refractivity contribution is -0.141. The number of carboxylic acid groups (broad SMARTS) is 1. The van der Waals surface area contributed by atoms with Gasteiger partial charge in [0.2, 0.25) is 11.8 Å². The molecule has 2 amide bonds. The van der Waals surface area contributed by atoms with Crippen LogP contribution in [-0.2, 0) is 19.1 Å². The van der Waals surface area contributed by atoms with Crippen molar-refractivity contribution < 1.29 is 24.2 Å². The zero-order chi connectivity index (χ0) is 28.3. The van der Waals surface area contributed by atoms with Gasteiger partial charge in [-0.1, -0.05) is 24.3 Å². The number of pyridine rings is 1. The molecule has 41 heavy (non-hydrogen) atoms. The molecule has 1 aromatic carbocycles. The van der Waals surface area contributed by atoms with Crippen LogP contribution in [0.4, 0.5) is 10.9 Å². The van der Waals surface area contributed by atoms with Crippen molar-refractivity contribution in [3.8, 4) is 22.4 Å². The van der Waals surface area contributed by atoms with Crippen LogP contribution in [0.15, 0.2) is 48.0 Å². The summed E-state index contributed by atoms with van der Waals surface area (Å²) in [4.78, 5) is 50.7. The molecule has 0 radical (unpaired) electrons. The number of nitrogens with zero attached hydrogens (tertiary/aromatic N) is 4. The van der Waals surface area contributed by atoms with E-state index in [1.807, 2.05) is 41.8 Å². The Morgan fingerprint density at radius 2 is 1.95 bits per heavy atom. The SMILES string of the molecule is O=C(O)C[C@@H](C[C@@H]1CCCOC1)C(=O)N(c1nc(-c2ccccc2-c2ccc(N3CCCC3=O)nc2)cs1)C1CC1. The van der Waals surface area contributed by atoms with Gasteiger partial charge in [-0.3, -0.25) is 24.2 Å². The molecule has 214 valence electrons. The molecule has 2 aromatic heterocycles. The van der Waals surface area contributed by atoms with Gasteiger partial charge in [0.25, 0.3) is 0 Å². The number of aliphatic carboxylic acids is 1. The van der Waals surface area contributed by atoms with Crippen LogP contribution in [0, 0.1) is 11.8 Å². The summed E-state index contributed by atoms with van der Waals surface area (Å²) in [5.41, 5.74) is 3.55. The summed E-state index contributed by atoms with van der Waals surface area (Å²) in [5.74, 6) is -0.747. The van der Waals surface area contributed by atoms with E-state index >= 15 is 0 Å². The lowest BCUT2D eigenvalue weighted by Crippen LogP contribution is -2.40. The summed E-state index contributed by atoms with van der Waals surface area (Å²) in [6.07, 6.45) is 7.20. The first-order valence-electron chi connectivity index (χ1n) is 14.4. The van der Waals surface area contributed by atoms with Crippen molar-refractivity contribution >= 4 is 40.1 Å². The number of anilines is 2. The molecule has 3 aliphatic rings. The zero-order valence-electron chi connectivity index (χ0n) is 22.9. The molecule has 4 heterocycles. The minimum Gasteiger partial charge on any atom is -0.481 e. The predicted molar refractivity (Wildman–Crippen MR) is 157 cm³/mol. The van der Waals surface area contributed by atoms with E-state index in [9.17, 15) is 19.5 Å². The Bertz CT molecular complexity index is 1410. The van der Waals surface area contributed by atoms with Crippen LogP contribution in [0.3, 0.4) is 0 Å². The molecule has 9 nitrogen and oxygen atoms in total. The highest BCUT2D eigenvalue weighted by atomic mass is 32.1. The number of hydrogen-bond acceptors (Lipinski definition) is 7. The van der Waals surface area contributed by atoms with Gasteiger partial charge in [0.05, 0.1) is 12.1 Å². The Balaban J connectivity index is 1.25. The smallest absolute Gasteiger partial charge is 0.304 e. The largest absolute Gasteiger partial charge is 0.481 e. The van der Waals surface area contributed by atoms with Gasteiger partial charge >= 0.3 is 5.97 Å². The lowest BCUT2D eigenvalue weighted by atomic mass is 9.87. The fourth-order valence-electron chi connectivity index (χ4n) is 5.89. The third-order valence-electron chi connectivity index (χ3n) is 8.10. The topological polar surface area (TPSA) is 113 Å². The van der Waals surface area contributed by atoms with E-state index in [2.05, 4.69) is 4.98 Å².